The molecule has 0 saturated carbocycles. The molecule has 0 aromatic heterocycles. The number of carbonyl (C=O) groups is 6. The smallest absolute Gasteiger partial charge is 0.405 e. The number of nitrogens with one attached hydrogen (secondary N) is 6. The maximum Gasteiger partial charge on any atom is 0.405 e. The number of rotatable bonds is 12. The van der Waals surface area contributed by atoms with Gasteiger partial charge in [-0.3, -0.25) is 19.2 Å². The van der Waals surface area contributed by atoms with Crippen LogP contribution in [0.1, 0.15) is 31.8 Å². The lowest BCUT2D eigenvalue weighted by Gasteiger charge is -2.25. The number of hydrogen-bond donors (Lipinski definition) is 10. The monoisotopic (exact) mass is 558 g/mol. The molecule has 3 rings (SSSR count). The van der Waals surface area contributed by atoms with E-state index in [1.165, 1.54) is 12.1 Å². The first kappa shape index (κ1) is 29.0. The molecule has 0 spiro atoms. The molecule has 0 atom stereocenters. The molecule has 4 amide bonds. The first-order valence-corrected chi connectivity index (χ1v) is 11.8. The van der Waals surface area contributed by atoms with Crippen LogP contribution in [0.3, 0.4) is 0 Å². The van der Waals surface area contributed by atoms with Gasteiger partial charge in [-0.2, -0.15) is 0 Å². The van der Waals surface area contributed by atoms with Crippen molar-refractivity contribution in [3.05, 3.63) is 46.5 Å². The standard InChI is InChI=1S/C24H26N6O10/c31-13-3-4-14(32)20-19(13)21(35)17-11(25-5-7-27-15(33)9-29-23(37)38)1-2-12(18(17)22(20)36)26-6-8-28-16(34)10-30-24(39)40/h1-4,25-26,29-32H,5-10H2,(H,27,33)(H,28,34)(H,37,38)(H,39,40). The molecule has 0 bridgehead atoms. The van der Waals surface area contributed by atoms with E-state index in [-0.39, 0.29) is 59.8 Å². The van der Waals surface area contributed by atoms with E-state index in [2.05, 4.69) is 21.3 Å². The molecule has 0 unspecified atom stereocenters. The van der Waals surface area contributed by atoms with Crippen LogP contribution in [-0.4, -0.2) is 95.3 Å². The number of hydrogen-bond acceptors (Lipinski definition) is 10. The number of phenols is 2. The van der Waals surface area contributed by atoms with Crippen LogP contribution < -0.4 is 31.9 Å². The Hall–Kier alpha value is -5.54. The highest BCUT2D eigenvalue weighted by molar-refractivity contribution is 6.33. The molecule has 0 heterocycles. The predicted molar refractivity (Wildman–Crippen MR) is 138 cm³/mol. The fourth-order valence-electron chi connectivity index (χ4n) is 3.89. The number of fused-ring (bicyclic) bond motifs is 2. The van der Waals surface area contributed by atoms with Crippen molar-refractivity contribution in [1.29, 1.82) is 0 Å². The van der Waals surface area contributed by atoms with Crippen molar-refractivity contribution in [1.82, 2.24) is 21.3 Å². The average molecular weight is 559 g/mol. The summed E-state index contributed by atoms with van der Waals surface area (Å²) < 4.78 is 0. The number of carboxylic acid groups (broad SMARTS) is 2. The van der Waals surface area contributed by atoms with E-state index < -0.39 is 60.2 Å². The highest BCUT2D eigenvalue weighted by atomic mass is 16.4. The molecule has 2 aromatic rings. The molecular formula is C24H26N6O10. The van der Waals surface area contributed by atoms with Crippen molar-refractivity contribution in [2.24, 2.45) is 0 Å². The fraction of sp³-hybridized carbons (Fsp3) is 0.250. The van der Waals surface area contributed by atoms with Gasteiger partial charge in [-0.15, -0.1) is 0 Å². The number of amides is 4. The molecule has 2 aromatic carbocycles. The van der Waals surface area contributed by atoms with Gasteiger partial charge in [-0.25, -0.2) is 9.59 Å². The highest BCUT2D eigenvalue weighted by Gasteiger charge is 2.37. The summed E-state index contributed by atoms with van der Waals surface area (Å²) in [6, 6.07) is 5.14. The Morgan fingerprint density at radius 3 is 1.27 bits per heavy atom. The first-order chi connectivity index (χ1) is 19.0. The zero-order valence-electron chi connectivity index (χ0n) is 20.8. The van der Waals surface area contributed by atoms with Gasteiger partial charge in [0.05, 0.1) is 35.3 Å². The van der Waals surface area contributed by atoms with Crippen molar-refractivity contribution in [3.8, 4) is 11.5 Å². The number of anilines is 2. The van der Waals surface area contributed by atoms with E-state index in [1.54, 1.807) is 0 Å². The second-order valence-electron chi connectivity index (χ2n) is 8.29. The zero-order valence-corrected chi connectivity index (χ0v) is 20.8. The van der Waals surface area contributed by atoms with Crippen LogP contribution in [0.25, 0.3) is 0 Å². The van der Waals surface area contributed by atoms with Crippen molar-refractivity contribution in [2.45, 2.75) is 0 Å². The number of phenolic OH excluding ortho intramolecular Hbond substituents is 2. The maximum absolute atomic E-state index is 13.5. The Labute approximate surface area is 225 Å². The van der Waals surface area contributed by atoms with Crippen LogP contribution >= 0.6 is 0 Å². The van der Waals surface area contributed by atoms with Crippen LogP contribution in [-0.2, 0) is 9.59 Å². The molecule has 212 valence electrons. The summed E-state index contributed by atoms with van der Waals surface area (Å²) in [5, 5.41) is 52.4. The summed E-state index contributed by atoms with van der Waals surface area (Å²) in [6.45, 7) is -0.669. The van der Waals surface area contributed by atoms with Gasteiger partial charge in [0, 0.05) is 37.6 Å². The van der Waals surface area contributed by atoms with Crippen LogP contribution in [0.15, 0.2) is 24.3 Å². The lowest BCUT2D eigenvalue weighted by molar-refractivity contribution is -0.120. The molecular weight excluding hydrogens is 532 g/mol. The molecule has 0 radical (unpaired) electrons. The largest absolute Gasteiger partial charge is 0.507 e. The van der Waals surface area contributed by atoms with Crippen LogP contribution in [0.4, 0.5) is 21.0 Å². The second kappa shape index (κ2) is 12.8. The van der Waals surface area contributed by atoms with Crippen molar-refractivity contribution in [2.75, 3.05) is 49.9 Å². The number of aromatic hydroxyl groups is 2. The van der Waals surface area contributed by atoms with Crippen molar-refractivity contribution >= 4 is 46.9 Å². The first-order valence-electron chi connectivity index (χ1n) is 11.8. The lowest BCUT2D eigenvalue weighted by atomic mass is 9.81. The Morgan fingerprint density at radius 1 is 0.550 bits per heavy atom. The van der Waals surface area contributed by atoms with Gasteiger partial charge in [0.2, 0.25) is 23.4 Å². The summed E-state index contributed by atoms with van der Waals surface area (Å²) >= 11 is 0. The predicted octanol–water partition coefficient (Wildman–Crippen LogP) is -0.535. The summed E-state index contributed by atoms with van der Waals surface area (Å²) in [4.78, 5) is 71.4. The minimum absolute atomic E-state index is 0.0378. The third-order valence-corrected chi connectivity index (χ3v) is 5.60. The van der Waals surface area contributed by atoms with Crippen LogP contribution in [0, 0.1) is 0 Å². The minimum atomic E-state index is -1.36. The van der Waals surface area contributed by atoms with Crippen molar-refractivity contribution in [3.63, 3.8) is 0 Å². The molecule has 10 N–H and O–H groups in total. The third-order valence-electron chi connectivity index (χ3n) is 5.60. The van der Waals surface area contributed by atoms with E-state index in [0.717, 1.165) is 12.1 Å². The van der Waals surface area contributed by atoms with E-state index in [4.69, 9.17) is 10.2 Å². The Kier molecular flexibility index (Phi) is 9.29. The van der Waals surface area contributed by atoms with Gasteiger partial charge in [0.15, 0.2) is 0 Å². The molecule has 0 fully saturated rings. The molecule has 0 saturated heterocycles. The SMILES string of the molecule is O=C(O)NCC(=O)NCCNc1ccc(NCCNC(=O)CNC(=O)O)c2c1C(=O)c1c(O)ccc(O)c1C2=O. The molecule has 40 heavy (non-hydrogen) atoms. The quantitative estimate of drug-likeness (QED) is 0.0994. The molecule has 0 aliphatic heterocycles. The summed E-state index contributed by atoms with van der Waals surface area (Å²) in [5.41, 5.74) is -0.557. The second-order valence-corrected chi connectivity index (χ2v) is 8.29. The Morgan fingerprint density at radius 2 is 0.925 bits per heavy atom. The van der Waals surface area contributed by atoms with E-state index in [9.17, 15) is 39.0 Å². The molecule has 1 aliphatic carbocycles. The summed E-state index contributed by atoms with van der Waals surface area (Å²) in [5.74, 6) is -3.66. The van der Waals surface area contributed by atoms with Crippen molar-refractivity contribution < 1.29 is 49.2 Å². The number of benzene rings is 2. The van der Waals surface area contributed by atoms with Gasteiger partial charge in [-0.05, 0) is 24.3 Å². The minimum Gasteiger partial charge on any atom is -0.507 e. The van der Waals surface area contributed by atoms with Crippen LogP contribution in [0.2, 0.25) is 0 Å². The van der Waals surface area contributed by atoms with Crippen LogP contribution in [0.5, 0.6) is 11.5 Å². The molecule has 16 heteroatoms. The average Bonchev–Trinajstić information content (AvgIpc) is 2.91. The van der Waals surface area contributed by atoms with Gasteiger partial charge in [-0.1, -0.05) is 0 Å². The van der Waals surface area contributed by atoms with E-state index in [0.29, 0.717) is 0 Å². The Bertz CT molecular complexity index is 1270. The zero-order chi connectivity index (χ0) is 29.4. The lowest BCUT2D eigenvalue weighted by Crippen LogP contribution is -2.38. The summed E-state index contributed by atoms with van der Waals surface area (Å²) in [6.07, 6.45) is -2.71. The van der Waals surface area contributed by atoms with E-state index in [1.807, 2.05) is 10.6 Å². The summed E-state index contributed by atoms with van der Waals surface area (Å²) in [7, 11) is 0. The van der Waals surface area contributed by atoms with E-state index >= 15 is 0 Å². The Balaban J connectivity index is 1.81. The van der Waals surface area contributed by atoms with Gasteiger partial charge in [0.25, 0.3) is 0 Å². The number of carbonyl (C=O) groups excluding carboxylic acids is 4. The molecule has 16 nitrogen and oxygen atoms in total. The third kappa shape index (κ3) is 6.85. The highest BCUT2D eigenvalue weighted by Crippen LogP contribution is 2.42. The fourth-order valence-corrected chi connectivity index (χ4v) is 3.89. The normalized spacial score (nSPS) is 11.5. The maximum atomic E-state index is 13.5. The molecule has 1 aliphatic rings. The number of ketones is 2. The van der Waals surface area contributed by atoms with Gasteiger partial charge >= 0.3 is 12.2 Å². The van der Waals surface area contributed by atoms with Gasteiger partial charge in [0.1, 0.15) is 11.5 Å². The topological polar surface area (TPSA) is 256 Å². The van der Waals surface area contributed by atoms with Gasteiger partial charge < -0.3 is 52.3 Å².